The van der Waals surface area contributed by atoms with Crippen LogP contribution in [0.1, 0.15) is 0 Å². The van der Waals surface area contributed by atoms with Crippen molar-refractivity contribution in [3.8, 4) is 0 Å². The lowest BCUT2D eigenvalue weighted by Crippen LogP contribution is -2.42. The first-order valence-corrected chi connectivity index (χ1v) is 6.45. The van der Waals surface area contributed by atoms with Crippen molar-refractivity contribution in [1.82, 2.24) is 4.31 Å². The van der Waals surface area contributed by atoms with Gasteiger partial charge in [0.25, 0.3) is 0 Å². The number of rotatable bonds is 5. The Morgan fingerprint density at radius 2 is 2.00 bits per heavy atom. The topological polar surface area (TPSA) is 66.6 Å². The van der Waals surface area contributed by atoms with Gasteiger partial charge in [0.2, 0.25) is 0 Å². The Kier molecular flexibility index (Phi) is 4.44. The lowest BCUT2D eigenvalue weighted by molar-refractivity contribution is 0.515. The van der Waals surface area contributed by atoms with Crippen LogP contribution in [-0.2, 0) is 10.2 Å². The highest BCUT2D eigenvalue weighted by atomic mass is 32.2. The molecule has 1 aromatic carbocycles. The van der Waals surface area contributed by atoms with E-state index in [1.807, 2.05) is 0 Å². The molecule has 96 valence electrons. The normalized spacial score (nSPS) is 11.8. The Morgan fingerprint density at radius 1 is 1.35 bits per heavy atom. The number of halogens is 1. The third-order valence-corrected chi connectivity index (χ3v) is 4.04. The third kappa shape index (κ3) is 3.15. The zero-order valence-electron chi connectivity index (χ0n) is 9.80. The van der Waals surface area contributed by atoms with Crippen LogP contribution in [0.2, 0.25) is 0 Å². The Labute approximate surface area is 101 Å². The van der Waals surface area contributed by atoms with Crippen LogP contribution in [0.5, 0.6) is 0 Å². The van der Waals surface area contributed by atoms with E-state index in [4.69, 9.17) is 5.73 Å². The fraction of sp³-hybridized carbons (Fsp3) is 0.400. The van der Waals surface area contributed by atoms with E-state index in [1.165, 1.54) is 32.3 Å². The van der Waals surface area contributed by atoms with Gasteiger partial charge in [-0.2, -0.15) is 12.7 Å². The van der Waals surface area contributed by atoms with E-state index in [0.29, 0.717) is 0 Å². The summed E-state index contributed by atoms with van der Waals surface area (Å²) >= 11 is 0. The van der Waals surface area contributed by atoms with Crippen molar-refractivity contribution in [3.05, 3.63) is 30.1 Å². The van der Waals surface area contributed by atoms with Crippen LogP contribution in [0.4, 0.5) is 10.1 Å². The van der Waals surface area contributed by atoms with Gasteiger partial charge in [0.15, 0.2) is 0 Å². The Hall–Kier alpha value is -1.18. The van der Waals surface area contributed by atoms with Crippen molar-refractivity contribution in [2.75, 3.05) is 31.5 Å². The maximum absolute atomic E-state index is 13.1. The van der Waals surface area contributed by atoms with Crippen LogP contribution in [0.3, 0.4) is 0 Å². The smallest absolute Gasteiger partial charge is 0.303 e. The lowest BCUT2D eigenvalue weighted by atomic mass is 10.3. The highest BCUT2D eigenvalue weighted by Gasteiger charge is 2.24. The molecule has 1 rings (SSSR count). The van der Waals surface area contributed by atoms with Gasteiger partial charge < -0.3 is 5.73 Å². The fourth-order valence-corrected chi connectivity index (χ4v) is 2.43. The van der Waals surface area contributed by atoms with E-state index < -0.39 is 16.0 Å². The van der Waals surface area contributed by atoms with Crippen molar-refractivity contribution in [2.24, 2.45) is 5.73 Å². The molecule has 0 heterocycles. The van der Waals surface area contributed by atoms with E-state index >= 15 is 0 Å². The second-order valence-electron chi connectivity index (χ2n) is 3.63. The molecule has 0 aromatic heterocycles. The molecule has 0 aliphatic rings. The molecule has 7 heteroatoms. The third-order valence-electron chi connectivity index (χ3n) is 2.17. The van der Waals surface area contributed by atoms with Crippen molar-refractivity contribution < 1.29 is 12.8 Å². The zero-order chi connectivity index (χ0) is 13.1. The average Bonchev–Trinajstić information content (AvgIpc) is 2.25. The van der Waals surface area contributed by atoms with Crippen LogP contribution in [0.25, 0.3) is 0 Å². The molecular weight excluding hydrogens is 245 g/mol. The summed E-state index contributed by atoms with van der Waals surface area (Å²) in [6.45, 7) is 0.257. The quantitative estimate of drug-likeness (QED) is 0.834. The first-order valence-electron chi connectivity index (χ1n) is 5.05. The molecule has 0 fully saturated rings. The summed E-state index contributed by atoms with van der Waals surface area (Å²) in [5.41, 5.74) is 5.65. The Bertz CT molecular complexity index is 476. The summed E-state index contributed by atoms with van der Waals surface area (Å²) in [5.74, 6) is -0.488. The van der Waals surface area contributed by atoms with Crippen LogP contribution in [0.15, 0.2) is 24.3 Å². The number of nitrogens with two attached hydrogens (primary N) is 1. The van der Waals surface area contributed by atoms with Gasteiger partial charge in [0.05, 0.1) is 5.69 Å². The monoisotopic (exact) mass is 261 g/mol. The molecule has 0 saturated heterocycles. The number of benzene rings is 1. The molecule has 0 aliphatic carbocycles. The minimum absolute atomic E-state index is 0.101. The van der Waals surface area contributed by atoms with Gasteiger partial charge in [-0.25, -0.2) is 4.39 Å². The minimum atomic E-state index is -3.65. The second-order valence-corrected chi connectivity index (χ2v) is 5.70. The predicted octanol–water partition coefficient (Wildman–Crippen LogP) is 0.397. The molecule has 0 unspecified atom stereocenters. The average molecular weight is 261 g/mol. The number of hydrogen-bond acceptors (Lipinski definition) is 3. The maximum atomic E-state index is 13.1. The minimum Gasteiger partial charge on any atom is -0.329 e. The van der Waals surface area contributed by atoms with Crippen LogP contribution in [-0.4, -0.2) is 39.9 Å². The van der Waals surface area contributed by atoms with Gasteiger partial charge in [-0.3, -0.25) is 4.31 Å². The fourth-order valence-electron chi connectivity index (χ4n) is 1.32. The number of nitrogens with zero attached hydrogens (tertiary/aromatic N) is 2. The highest BCUT2D eigenvalue weighted by molar-refractivity contribution is 7.90. The van der Waals surface area contributed by atoms with Crippen molar-refractivity contribution >= 4 is 15.9 Å². The molecule has 1 aromatic rings. The molecule has 0 radical (unpaired) electrons. The molecule has 5 nitrogen and oxygen atoms in total. The lowest BCUT2D eigenvalue weighted by Gasteiger charge is -2.26. The molecular formula is C10H16FN3O2S. The molecule has 0 bridgehead atoms. The van der Waals surface area contributed by atoms with E-state index in [-0.39, 0.29) is 18.8 Å². The summed E-state index contributed by atoms with van der Waals surface area (Å²) < 4.78 is 39.2. The standard InChI is InChI=1S/C10H16FN3O2S/c1-13(2)17(15,16)14(7-6-12)10-5-3-4-9(11)8-10/h3-5,8H,6-7,12H2,1-2H3. The second kappa shape index (κ2) is 5.44. The molecule has 0 spiro atoms. The molecule has 0 amide bonds. The van der Waals surface area contributed by atoms with Crippen LogP contribution < -0.4 is 10.0 Å². The van der Waals surface area contributed by atoms with Gasteiger partial charge in [-0.05, 0) is 18.2 Å². The number of anilines is 1. The summed E-state index contributed by atoms with van der Waals surface area (Å²) in [4.78, 5) is 0. The number of hydrogen-bond donors (Lipinski definition) is 1. The highest BCUT2D eigenvalue weighted by Crippen LogP contribution is 2.19. The SMILES string of the molecule is CN(C)S(=O)(=O)N(CCN)c1cccc(F)c1. The van der Waals surface area contributed by atoms with Crippen LogP contribution in [0, 0.1) is 5.82 Å². The van der Waals surface area contributed by atoms with Crippen molar-refractivity contribution in [2.45, 2.75) is 0 Å². The van der Waals surface area contributed by atoms with Gasteiger partial charge in [-0.1, -0.05) is 6.07 Å². The predicted molar refractivity (Wildman–Crippen MR) is 65.4 cm³/mol. The first-order chi connectivity index (χ1) is 7.89. The summed E-state index contributed by atoms with van der Waals surface area (Å²) in [6, 6.07) is 5.41. The van der Waals surface area contributed by atoms with Gasteiger partial charge in [0, 0.05) is 27.2 Å². The van der Waals surface area contributed by atoms with E-state index in [9.17, 15) is 12.8 Å². The van der Waals surface area contributed by atoms with Gasteiger partial charge in [-0.15, -0.1) is 0 Å². The maximum Gasteiger partial charge on any atom is 0.303 e. The molecule has 0 aliphatic heterocycles. The molecule has 17 heavy (non-hydrogen) atoms. The van der Waals surface area contributed by atoms with E-state index in [1.54, 1.807) is 0 Å². The largest absolute Gasteiger partial charge is 0.329 e. The van der Waals surface area contributed by atoms with Crippen molar-refractivity contribution in [1.29, 1.82) is 0 Å². The summed E-state index contributed by atoms with van der Waals surface area (Å²) in [7, 11) is -0.821. The summed E-state index contributed by atoms with van der Waals surface area (Å²) in [5, 5.41) is 0. The molecule has 2 N–H and O–H groups in total. The summed E-state index contributed by atoms with van der Waals surface area (Å²) in [6.07, 6.45) is 0. The Balaban J connectivity index is 3.19. The van der Waals surface area contributed by atoms with Gasteiger partial charge >= 0.3 is 10.2 Å². The van der Waals surface area contributed by atoms with Crippen molar-refractivity contribution in [3.63, 3.8) is 0 Å². The van der Waals surface area contributed by atoms with E-state index in [0.717, 1.165) is 14.7 Å². The molecule has 0 atom stereocenters. The first kappa shape index (κ1) is 13.9. The molecule has 0 saturated carbocycles. The van der Waals surface area contributed by atoms with E-state index in [2.05, 4.69) is 0 Å². The van der Waals surface area contributed by atoms with Crippen LogP contribution >= 0.6 is 0 Å². The Morgan fingerprint density at radius 3 is 2.47 bits per heavy atom. The zero-order valence-corrected chi connectivity index (χ0v) is 10.6. The van der Waals surface area contributed by atoms with Gasteiger partial charge in [0.1, 0.15) is 5.82 Å².